The van der Waals surface area contributed by atoms with Crippen LogP contribution in [-0.2, 0) is 6.54 Å². The van der Waals surface area contributed by atoms with Crippen LogP contribution in [0.15, 0.2) is 47.5 Å². The lowest BCUT2D eigenvalue weighted by Gasteiger charge is -2.16. The molecule has 160 valence electrons. The van der Waals surface area contributed by atoms with Crippen LogP contribution in [0, 0.1) is 0 Å². The summed E-state index contributed by atoms with van der Waals surface area (Å²) in [6.45, 7) is -1.12. The van der Waals surface area contributed by atoms with E-state index < -0.39 is 12.8 Å². The van der Waals surface area contributed by atoms with Crippen molar-refractivity contribution in [2.45, 2.75) is 12.7 Å². The second-order valence-corrected chi connectivity index (χ2v) is 5.63. The number of benzene rings is 2. The monoisotopic (exact) mass is 525 g/mol. The zero-order valence-corrected chi connectivity index (χ0v) is 18.5. The molecule has 6 nitrogen and oxygen atoms in total. The van der Waals surface area contributed by atoms with Crippen LogP contribution >= 0.6 is 24.0 Å². The number of hydrogen-bond donors (Lipinski definition) is 2. The van der Waals surface area contributed by atoms with Crippen LogP contribution in [0.4, 0.5) is 18.9 Å². The Balaban J connectivity index is 0.00000420. The number of ether oxygens (including phenoxy) is 3. The Morgan fingerprint density at radius 3 is 2.31 bits per heavy atom. The van der Waals surface area contributed by atoms with Crippen LogP contribution in [0.3, 0.4) is 0 Å². The van der Waals surface area contributed by atoms with Gasteiger partial charge in [0.1, 0.15) is 5.75 Å². The van der Waals surface area contributed by atoms with Gasteiger partial charge in [0.15, 0.2) is 24.1 Å². The van der Waals surface area contributed by atoms with Crippen molar-refractivity contribution in [3.05, 3.63) is 48.0 Å². The first-order chi connectivity index (χ1) is 13.4. The average molecular weight is 525 g/mol. The molecule has 0 radical (unpaired) electrons. The van der Waals surface area contributed by atoms with Gasteiger partial charge in [0.25, 0.3) is 0 Å². The van der Waals surface area contributed by atoms with Crippen molar-refractivity contribution in [3.63, 3.8) is 0 Å². The van der Waals surface area contributed by atoms with Crippen LogP contribution < -0.4 is 24.8 Å². The van der Waals surface area contributed by atoms with Gasteiger partial charge in [-0.15, -0.1) is 24.0 Å². The summed E-state index contributed by atoms with van der Waals surface area (Å²) in [5, 5.41) is 6.13. The minimum Gasteiger partial charge on any atom is -0.493 e. The van der Waals surface area contributed by atoms with E-state index in [1.54, 1.807) is 50.6 Å². The maximum absolute atomic E-state index is 12.4. The molecule has 0 spiro atoms. The van der Waals surface area contributed by atoms with Gasteiger partial charge in [0.2, 0.25) is 0 Å². The first kappa shape index (κ1) is 24.7. The van der Waals surface area contributed by atoms with Crippen molar-refractivity contribution in [2.24, 2.45) is 4.99 Å². The van der Waals surface area contributed by atoms with E-state index in [-0.39, 0.29) is 36.3 Å². The number of rotatable bonds is 7. The molecule has 2 rings (SSSR count). The zero-order chi connectivity index (χ0) is 20.6. The molecular formula is C19H23F3IN3O3. The van der Waals surface area contributed by atoms with Crippen molar-refractivity contribution in [3.8, 4) is 17.2 Å². The summed E-state index contributed by atoms with van der Waals surface area (Å²) in [6, 6.07) is 11.8. The third-order valence-corrected chi connectivity index (χ3v) is 3.68. The Bertz CT molecular complexity index is 817. The van der Waals surface area contributed by atoms with Crippen molar-refractivity contribution in [2.75, 3.05) is 33.2 Å². The lowest BCUT2D eigenvalue weighted by atomic mass is 10.2. The molecular weight excluding hydrogens is 502 g/mol. The second kappa shape index (κ2) is 11.6. The Labute approximate surface area is 184 Å². The van der Waals surface area contributed by atoms with Crippen molar-refractivity contribution in [1.82, 2.24) is 5.32 Å². The number of anilines is 1. The Kier molecular flexibility index (Phi) is 9.86. The molecule has 10 heteroatoms. The normalized spacial score (nSPS) is 11.3. The lowest BCUT2D eigenvalue weighted by molar-refractivity contribution is -0.153. The second-order valence-electron chi connectivity index (χ2n) is 5.63. The number of hydrogen-bond acceptors (Lipinski definition) is 4. The minimum atomic E-state index is -4.40. The van der Waals surface area contributed by atoms with Gasteiger partial charge >= 0.3 is 6.18 Å². The molecule has 0 unspecified atom stereocenters. The number of halogens is 4. The Hall–Kier alpha value is -2.37. The quantitative estimate of drug-likeness (QED) is 0.318. The Morgan fingerprint density at radius 1 is 1.00 bits per heavy atom. The van der Waals surface area contributed by atoms with Crippen molar-refractivity contribution in [1.29, 1.82) is 0 Å². The molecule has 0 fully saturated rings. The topological polar surface area (TPSA) is 64.1 Å². The highest BCUT2D eigenvalue weighted by atomic mass is 127. The fourth-order valence-electron chi connectivity index (χ4n) is 2.36. The van der Waals surface area contributed by atoms with Crippen molar-refractivity contribution >= 4 is 35.6 Å². The molecule has 2 aromatic rings. The smallest absolute Gasteiger partial charge is 0.422 e. The molecule has 0 aliphatic carbocycles. The predicted octanol–water partition coefficient (Wildman–Crippen LogP) is 4.45. The number of alkyl halides is 3. The minimum absolute atomic E-state index is 0. The summed E-state index contributed by atoms with van der Waals surface area (Å²) in [5.74, 6) is 1.73. The van der Waals surface area contributed by atoms with Crippen molar-refractivity contribution < 1.29 is 27.4 Å². The van der Waals surface area contributed by atoms with Gasteiger partial charge in [0, 0.05) is 30.9 Å². The molecule has 0 aliphatic heterocycles. The number of methoxy groups -OCH3 is 2. The van der Waals surface area contributed by atoms with E-state index in [9.17, 15) is 13.2 Å². The fraction of sp³-hybridized carbons (Fsp3) is 0.316. The van der Waals surface area contributed by atoms with E-state index >= 15 is 0 Å². The number of aliphatic imine (C=N–C) groups is 1. The van der Waals surface area contributed by atoms with E-state index in [1.165, 1.54) is 13.2 Å². The molecule has 0 aromatic heterocycles. The lowest BCUT2D eigenvalue weighted by Crippen LogP contribution is -2.30. The van der Waals surface area contributed by atoms with E-state index in [0.29, 0.717) is 28.7 Å². The predicted molar refractivity (Wildman–Crippen MR) is 117 cm³/mol. The molecule has 0 atom stereocenters. The van der Waals surface area contributed by atoms with Crippen LogP contribution in [0.5, 0.6) is 17.2 Å². The van der Waals surface area contributed by atoms with Crippen LogP contribution in [0.1, 0.15) is 5.56 Å². The number of nitrogens with one attached hydrogen (secondary N) is 2. The first-order valence-electron chi connectivity index (χ1n) is 8.33. The zero-order valence-electron chi connectivity index (χ0n) is 16.2. The van der Waals surface area contributed by atoms with Gasteiger partial charge < -0.3 is 24.8 Å². The SMILES string of the molecule is CN=C(NCc1ccccc1OCC(F)(F)F)Nc1ccc(OC)c(OC)c1.I. The van der Waals surface area contributed by atoms with E-state index in [1.807, 2.05) is 0 Å². The maximum atomic E-state index is 12.4. The van der Waals surface area contributed by atoms with Gasteiger partial charge in [-0.2, -0.15) is 13.2 Å². The van der Waals surface area contributed by atoms with Gasteiger partial charge in [-0.05, 0) is 18.2 Å². The van der Waals surface area contributed by atoms with E-state index in [0.717, 1.165) is 0 Å². The molecule has 29 heavy (non-hydrogen) atoms. The summed E-state index contributed by atoms with van der Waals surface area (Å²) >= 11 is 0. The molecule has 2 N–H and O–H groups in total. The maximum Gasteiger partial charge on any atom is 0.422 e. The van der Waals surface area contributed by atoms with Crippen LogP contribution in [0.2, 0.25) is 0 Å². The van der Waals surface area contributed by atoms with Gasteiger partial charge in [0.05, 0.1) is 14.2 Å². The number of guanidine groups is 1. The highest BCUT2D eigenvalue weighted by Gasteiger charge is 2.28. The molecule has 0 saturated heterocycles. The molecule has 0 heterocycles. The molecule has 0 saturated carbocycles. The molecule has 0 amide bonds. The van der Waals surface area contributed by atoms with E-state index in [4.69, 9.17) is 14.2 Å². The third-order valence-electron chi connectivity index (χ3n) is 3.68. The van der Waals surface area contributed by atoms with Gasteiger partial charge in [-0.3, -0.25) is 4.99 Å². The van der Waals surface area contributed by atoms with E-state index in [2.05, 4.69) is 15.6 Å². The first-order valence-corrected chi connectivity index (χ1v) is 8.33. The highest BCUT2D eigenvalue weighted by molar-refractivity contribution is 14.0. The number of para-hydroxylation sites is 1. The largest absolute Gasteiger partial charge is 0.493 e. The third kappa shape index (κ3) is 7.87. The summed E-state index contributed by atoms with van der Waals surface area (Å²) < 4.78 is 52.6. The van der Waals surface area contributed by atoms with Gasteiger partial charge in [-0.1, -0.05) is 18.2 Å². The highest BCUT2D eigenvalue weighted by Crippen LogP contribution is 2.29. The Morgan fingerprint density at radius 2 is 1.69 bits per heavy atom. The fourth-order valence-corrected chi connectivity index (χ4v) is 2.36. The summed E-state index contributed by atoms with van der Waals surface area (Å²) in [4.78, 5) is 4.11. The van der Waals surface area contributed by atoms with Crippen LogP contribution in [0.25, 0.3) is 0 Å². The summed E-state index contributed by atoms with van der Waals surface area (Å²) in [6.07, 6.45) is -4.40. The summed E-state index contributed by atoms with van der Waals surface area (Å²) in [5.41, 5.74) is 1.27. The molecule has 2 aromatic carbocycles. The van der Waals surface area contributed by atoms with Gasteiger partial charge in [-0.25, -0.2) is 0 Å². The average Bonchev–Trinajstić information content (AvgIpc) is 2.69. The van der Waals surface area contributed by atoms with Crippen LogP contribution in [-0.4, -0.2) is 40.0 Å². The standard InChI is InChI=1S/C19H22F3N3O3.HI/c1-23-18(25-14-8-9-16(26-2)17(10-14)27-3)24-11-13-6-4-5-7-15(13)28-12-19(20,21)22;/h4-10H,11-12H2,1-3H3,(H2,23,24,25);1H. The number of nitrogens with zero attached hydrogens (tertiary/aromatic N) is 1. The summed E-state index contributed by atoms with van der Waals surface area (Å²) in [7, 11) is 4.67. The molecule has 0 aliphatic rings. The molecule has 0 bridgehead atoms.